The van der Waals surface area contributed by atoms with Crippen LogP contribution in [0.15, 0.2) is 65.6 Å². The van der Waals surface area contributed by atoms with E-state index in [9.17, 15) is 9.90 Å². The summed E-state index contributed by atoms with van der Waals surface area (Å²) in [6.07, 6.45) is 0. The Morgan fingerprint density at radius 1 is 1.05 bits per heavy atom. The molecule has 0 amide bonds. The lowest BCUT2D eigenvalue weighted by atomic mass is 9.97. The summed E-state index contributed by atoms with van der Waals surface area (Å²) in [6, 6.07) is 18.8. The standard InChI is InChI=1S/C16H12Cl2O2S/c17-16(18,15(19)20)14(12-7-3-1-4-8-12)11-21-13-9-5-2-6-10-13/h1-11,14H/p+1. The second-order valence-corrected chi connectivity index (χ2v) is 6.75. The largest absolute Gasteiger partial charge is 0.479 e. The number of carboxylic acid groups (broad SMARTS) is 1. The second kappa shape index (κ2) is 7.03. The average Bonchev–Trinajstić information content (AvgIpc) is 2.49. The Balaban J connectivity index is 2.38. The van der Waals surface area contributed by atoms with Crippen molar-refractivity contribution in [2.75, 3.05) is 0 Å². The molecule has 2 rings (SSSR count). The highest BCUT2D eigenvalue weighted by molar-refractivity contribution is 7.77. The van der Waals surface area contributed by atoms with Crippen molar-refractivity contribution in [3.05, 3.63) is 66.2 Å². The summed E-state index contributed by atoms with van der Waals surface area (Å²) >= 11 is 13.5. The first-order valence-electron chi connectivity index (χ1n) is 6.23. The number of hydrogen-bond donors (Lipinski definition) is 1. The molecule has 1 atom stereocenters. The lowest BCUT2D eigenvalue weighted by Crippen LogP contribution is -2.34. The highest BCUT2D eigenvalue weighted by Gasteiger charge is 2.44. The van der Waals surface area contributed by atoms with Crippen molar-refractivity contribution in [1.82, 2.24) is 0 Å². The number of rotatable bonds is 5. The first-order valence-corrected chi connectivity index (χ1v) is 7.86. The Morgan fingerprint density at radius 3 is 2.10 bits per heavy atom. The molecule has 2 aromatic rings. The molecule has 1 unspecified atom stereocenters. The van der Waals surface area contributed by atoms with Crippen LogP contribution in [0, 0.1) is 0 Å². The van der Waals surface area contributed by atoms with Crippen LogP contribution in [-0.4, -0.2) is 20.8 Å². The smallest absolute Gasteiger partial charge is 0.341 e. The van der Waals surface area contributed by atoms with Crippen molar-refractivity contribution in [2.45, 2.75) is 15.1 Å². The van der Waals surface area contributed by atoms with Crippen molar-refractivity contribution < 1.29 is 9.90 Å². The molecule has 0 radical (unpaired) electrons. The van der Waals surface area contributed by atoms with Crippen LogP contribution in [0.2, 0.25) is 0 Å². The molecule has 0 heterocycles. The maximum atomic E-state index is 11.4. The van der Waals surface area contributed by atoms with Crippen LogP contribution < -0.4 is 0 Å². The molecule has 0 fully saturated rings. The van der Waals surface area contributed by atoms with Gasteiger partial charge in [0.2, 0.25) is 20.6 Å². The zero-order valence-corrected chi connectivity index (χ0v) is 13.3. The molecule has 0 aliphatic rings. The van der Waals surface area contributed by atoms with Crippen molar-refractivity contribution in [3.8, 4) is 0 Å². The van der Waals surface area contributed by atoms with Gasteiger partial charge in [0.05, 0.1) is 0 Å². The molecule has 21 heavy (non-hydrogen) atoms. The third-order valence-electron chi connectivity index (χ3n) is 2.92. The fraction of sp³-hybridized carbons (Fsp3) is 0.125. The van der Waals surface area contributed by atoms with Crippen molar-refractivity contribution in [3.63, 3.8) is 0 Å². The Hall–Kier alpha value is -1.42. The fourth-order valence-electron chi connectivity index (χ4n) is 1.81. The molecule has 0 aliphatic heterocycles. The minimum Gasteiger partial charge on any atom is -0.479 e. The molecule has 0 aromatic heterocycles. The predicted octanol–water partition coefficient (Wildman–Crippen LogP) is 3.97. The van der Waals surface area contributed by atoms with Crippen LogP contribution in [0.5, 0.6) is 0 Å². The second-order valence-electron chi connectivity index (χ2n) is 4.38. The monoisotopic (exact) mass is 339 g/mol. The summed E-state index contributed by atoms with van der Waals surface area (Å²) in [4.78, 5) is 12.3. The van der Waals surface area contributed by atoms with Crippen molar-refractivity contribution in [2.24, 2.45) is 0 Å². The maximum absolute atomic E-state index is 11.4. The fourth-order valence-corrected chi connectivity index (χ4v) is 3.31. The number of hydrogen-bond acceptors (Lipinski definition) is 1. The van der Waals surface area contributed by atoms with Gasteiger partial charge in [-0.15, -0.1) is 0 Å². The van der Waals surface area contributed by atoms with Gasteiger partial charge in [0.15, 0.2) is 5.37 Å². The van der Waals surface area contributed by atoms with E-state index in [0.29, 0.717) is 0 Å². The van der Waals surface area contributed by atoms with Gasteiger partial charge in [0.1, 0.15) is 5.92 Å². The van der Waals surface area contributed by atoms with Gasteiger partial charge in [-0.05, 0) is 5.56 Å². The Kier molecular flexibility index (Phi) is 5.34. The van der Waals surface area contributed by atoms with Crippen molar-refractivity contribution in [1.29, 1.82) is 0 Å². The van der Waals surface area contributed by atoms with Crippen LogP contribution >= 0.6 is 23.2 Å². The Bertz CT molecular complexity index is 627. The number of carboxylic acids is 1. The Labute approximate surface area is 137 Å². The summed E-state index contributed by atoms with van der Waals surface area (Å²) in [5, 5.41) is 11.0. The topological polar surface area (TPSA) is 37.3 Å². The lowest BCUT2D eigenvalue weighted by Gasteiger charge is -2.20. The van der Waals surface area contributed by atoms with E-state index in [1.807, 2.05) is 60.7 Å². The molecule has 5 heteroatoms. The summed E-state index contributed by atoms with van der Waals surface area (Å²) < 4.78 is -1.91. The number of carbonyl (C=O) groups is 1. The molecular weight excluding hydrogens is 327 g/mol. The molecule has 108 valence electrons. The lowest BCUT2D eigenvalue weighted by molar-refractivity contribution is -0.137. The summed E-state index contributed by atoms with van der Waals surface area (Å²) in [5.41, 5.74) is 0.758. The summed E-state index contributed by atoms with van der Waals surface area (Å²) in [6.45, 7) is 0. The Morgan fingerprint density at radius 2 is 1.57 bits per heavy atom. The first kappa shape index (κ1) is 16.0. The van der Waals surface area contributed by atoms with E-state index in [1.54, 1.807) is 5.37 Å². The number of halogens is 2. The minimum absolute atomic E-state index is 0.635. The van der Waals surface area contributed by atoms with Gasteiger partial charge in [-0.2, -0.15) is 0 Å². The van der Waals surface area contributed by atoms with Crippen LogP contribution in [-0.2, 0) is 16.1 Å². The van der Waals surface area contributed by atoms with E-state index < -0.39 is 16.2 Å². The molecule has 0 spiro atoms. The van der Waals surface area contributed by atoms with Gasteiger partial charge in [-0.25, -0.2) is 4.79 Å². The average molecular weight is 340 g/mol. The molecular formula is C16H13Cl2O2S+. The molecule has 0 aliphatic carbocycles. The highest BCUT2D eigenvalue weighted by Crippen LogP contribution is 2.37. The van der Waals surface area contributed by atoms with E-state index in [0.717, 1.165) is 10.5 Å². The molecule has 1 N–H and O–H groups in total. The van der Waals surface area contributed by atoms with Gasteiger partial charge in [0, 0.05) is 12.1 Å². The van der Waals surface area contributed by atoms with Crippen LogP contribution in [0.1, 0.15) is 11.5 Å². The quantitative estimate of drug-likeness (QED) is 0.508. The molecule has 2 aromatic carbocycles. The molecule has 2 nitrogen and oxygen atoms in total. The van der Waals surface area contributed by atoms with Crippen molar-refractivity contribution >= 4 is 45.9 Å². The van der Waals surface area contributed by atoms with Gasteiger partial charge in [0.25, 0.3) is 0 Å². The zero-order valence-electron chi connectivity index (χ0n) is 10.9. The number of alkyl halides is 2. The van der Waals surface area contributed by atoms with Gasteiger partial charge in [-0.3, -0.25) is 0 Å². The normalized spacial score (nSPS) is 13.2. The van der Waals surface area contributed by atoms with E-state index in [4.69, 9.17) is 23.2 Å². The van der Waals surface area contributed by atoms with Gasteiger partial charge < -0.3 is 5.11 Å². The molecule has 0 bridgehead atoms. The third kappa shape index (κ3) is 4.03. The van der Waals surface area contributed by atoms with Crippen LogP contribution in [0.3, 0.4) is 0 Å². The first-order chi connectivity index (χ1) is 10.0. The summed E-state index contributed by atoms with van der Waals surface area (Å²) in [5.74, 6) is -1.89. The molecule has 0 saturated heterocycles. The third-order valence-corrected chi connectivity index (χ3v) is 4.66. The summed E-state index contributed by atoms with van der Waals surface area (Å²) in [7, 11) is 0. The number of benzene rings is 2. The minimum atomic E-state index is -1.91. The molecule has 0 saturated carbocycles. The number of aliphatic carboxylic acids is 1. The van der Waals surface area contributed by atoms with Crippen LogP contribution in [0.4, 0.5) is 0 Å². The van der Waals surface area contributed by atoms with Gasteiger partial charge in [-0.1, -0.05) is 71.7 Å². The highest BCUT2D eigenvalue weighted by atomic mass is 35.5. The predicted molar refractivity (Wildman–Crippen MR) is 89.4 cm³/mol. The van der Waals surface area contributed by atoms with E-state index >= 15 is 0 Å². The van der Waals surface area contributed by atoms with Crippen LogP contribution in [0.25, 0.3) is 0 Å². The SMILES string of the molecule is O=C(O)C(Cl)(Cl)C(C=[S+]c1ccccc1)c1ccccc1. The van der Waals surface area contributed by atoms with E-state index in [-0.39, 0.29) is 0 Å². The van der Waals surface area contributed by atoms with E-state index in [2.05, 4.69) is 0 Å². The van der Waals surface area contributed by atoms with E-state index in [1.165, 1.54) is 11.4 Å². The maximum Gasteiger partial charge on any atom is 0.341 e. The zero-order chi connectivity index (χ0) is 15.3. The van der Waals surface area contributed by atoms with Gasteiger partial charge >= 0.3 is 5.97 Å².